The second kappa shape index (κ2) is 11.7. The summed E-state index contributed by atoms with van der Waals surface area (Å²) in [7, 11) is 1.81. The Hall–Kier alpha value is -0.810. The fourth-order valence-corrected chi connectivity index (χ4v) is 2.94. The van der Waals surface area contributed by atoms with Crippen LogP contribution in [0.25, 0.3) is 0 Å². The van der Waals surface area contributed by atoms with Crippen molar-refractivity contribution in [2.75, 3.05) is 40.0 Å². The Bertz CT molecular complexity index is 324. The van der Waals surface area contributed by atoms with Gasteiger partial charge in [0.1, 0.15) is 0 Å². The summed E-state index contributed by atoms with van der Waals surface area (Å²) in [4.78, 5) is 4.24. The Labute approximate surface area is 141 Å². The minimum absolute atomic E-state index is 0.470. The quantitative estimate of drug-likeness (QED) is 0.281. The number of hydrogen-bond acceptors (Lipinski definition) is 3. The van der Waals surface area contributed by atoms with Crippen molar-refractivity contribution >= 4 is 5.96 Å². The van der Waals surface area contributed by atoms with Gasteiger partial charge in [0.25, 0.3) is 0 Å². The van der Waals surface area contributed by atoms with Gasteiger partial charge >= 0.3 is 0 Å². The molecule has 2 aliphatic carbocycles. The van der Waals surface area contributed by atoms with Crippen LogP contribution in [0.2, 0.25) is 0 Å². The van der Waals surface area contributed by atoms with Crippen molar-refractivity contribution in [3.63, 3.8) is 0 Å². The van der Waals surface area contributed by atoms with Crippen molar-refractivity contribution in [3.8, 4) is 0 Å². The van der Waals surface area contributed by atoms with E-state index in [-0.39, 0.29) is 0 Å². The van der Waals surface area contributed by atoms with Gasteiger partial charge in [-0.3, -0.25) is 4.99 Å². The van der Waals surface area contributed by atoms with Crippen molar-refractivity contribution in [1.29, 1.82) is 0 Å². The third-order valence-electron chi connectivity index (χ3n) is 4.58. The first-order chi connectivity index (χ1) is 11.4. The summed E-state index contributed by atoms with van der Waals surface area (Å²) < 4.78 is 11.6. The van der Waals surface area contributed by atoms with Gasteiger partial charge in [-0.2, -0.15) is 0 Å². The molecule has 0 heterocycles. The van der Waals surface area contributed by atoms with Crippen molar-refractivity contribution in [2.45, 2.75) is 63.9 Å². The van der Waals surface area contributed by atoms with Gasteiger partial charge in [-0.1, -0.05) is 25.7 Å². The van der Waals surface area contributed by atoms with E-state index in [0.717, 1.165) is 51.2 Å². The first-order valence-electron chi connectivity index (χ1n) is 9.52. The molecule has 0 radical (unpaired) electrons. The molecule has 0 aromatic heterocycles. The molecular weight excluding hydrogens is 290 g/mol. The maximum absolute atomic E-state index is 5.98. The molecule has 0 spiro atoms. The van der Waals surface area contributed by atoms with Gasteiger partial charge in [0.2, 0.25) is 0 Å². The molecule has 0 aliphatic heterocycles. The fourth-order valence-electron chi connectivity index (χ4n) is 2.94. The van der Waals surface area contributed by atoms with Crippen LogP contribution in [0.15, 0.2) is 4.99 Å². The molecule has 5 heteroatoms. The van der Waals surface area contributed by atoms with Crippen LogP contribution in [0.4, 0.5) is 0 Å². The summed E-state index contributed by atoms with van der Waals surface area (Å²) in [6.07, 6.45) is 12.1. The number of nitrogens with one attached hydrogen (secondary N) is 2. The van der Waals surface area contributed by atoms with E-state index >= 15 is 0 Å². The molecule has 2 N–H and O–H groups in total. The molecule has 0 aromatic rings. The van der Waals surface area contributed by atoms with Gasteiger partial charge < -0.3 is 20.1 Å². The van der Waals surface area contributed by atoms with Crippen LogP contribution < -0.4 is 10.6 Å². The zero-order valence-electron chi connectivity index (χ0n) is 14.8. The maximum Gasteiger partial charge on any atom is 0.191 e. The first kappa shape index (κ1) is 18.5. The third kappa shape index (κ3) is 9.16. The Kier molecular flexibility index (Phi) is 9.41. The van der Waals surface area contributed by atoms with Crippen LogP contribution in [0, 0.1) is 5.92 Å². The molecule has 5 nitrogen and oxygen atoms in total. The predicted octanol–water partition coefficient (Wildman–Crippen LogP) is 2.71. The van der Waals surface area contributed by atoms with E-state index < -0.39 is 0 Å². The van der Waals surface area contributed by atoms with Gasteiger partial charge in [-0.15, -0.1) is 0 Å². The third-order valence-corrected chi connectivity index (χ3v) is 4.58. The normalized spacial score (nSPS) is 20.3. The van der Waals surface area contributed by atoms with E-state index in [9.17, 15) is 0 Å². The smallest absolute Gasteiger partial charge is 0.191 e. The monoisotopic (exact) mass is 325 g/mol. The fraction of sp³-hybridized carbons (Fsp3) is 0.944. The highest BCUT2D eigenvalue weighted by molar-refractivity contribution is 5.79. The largest absolute Gasteiger partial charge is 0.381 e. The zero-order chi connectivity index (χ0) is 16.2. The molecule has 2 aliphatic rings. The highest BCUT2D eigenvalue weighted by Crippen LogP contribution is 2.28. The molecular formula is C18H35N3O2. The summed E-state index contributed by atoms with van der Waals surface area (Å²) in [5, 5.41) is 6.64. The predicted molar refractivity (Wildman–Crippen MR) is 95.0 cm³/mol. The highest BCUT2D eigenvalue weighted by atomic mass is 16.5. The lowest BCUT2D eigenvalue weighted by molar-refractivity contribution is 0.0468. The summed E-state index contributed by atoms with van der Waals surface area (Å²) in [6.45, 7) is 4.26. The molecule has 2 saturated carbocycles. The molecule has 0 atom stereocenters. The number of hydrogen-bond donors (Lipinski definition) is 2. The summed E-state index contributed by atoms with van der Waals surface area (Å²) in [5.41, 5.74) is 0. The molecule has 0 unspecified atom stereocenters. The second-order valence-corrected chi connectivity index (χ2v) is 6.78. The molecule has 23 heavy (non-hydrogen) atoms. The van der Waals surface area contributed by atoms with Crippen molar-refractivity contribution in [3.05, 3.63) is 0 Å². The zero-order valence-corrected chi connectivity index (χ0v) is 14.8. The Morgan fingerprint density at radius 3 is 2.39 bits per heavy atom. The molecule has 0 aromatic carbocycles. The summed E-state index contributed by atoms with van der Waals surface area (Å²) in [5.74, 6) is 1.71. The average Bonchev–Trinajstić information content (AvgIpc) is 3.40. The highest BCUT2D eigenvalue weighted by Gasteiger charge is 2.20. The van der Waals surface area contributed by atoms with Gasteiger partial charge in [0.05, 0.1) is 12.7 Å². The SMILES string of the molecule is CN=C(NCCCOCC1CC1)NCCOC1CCCCCC1. The van der Waals surface area contributed by atoms with Gasteiger partial charge in [-0.25, -0.2) is 0 Å². The average molecular weight is 325 g/mol. The lowest BCUT2D eigenvalue weighted by Gasteiger charge is -2.16. The minimum atomic E-state index is 0.470. The van der Waals surface area contributed by atoms with E-state index in [0.29, 0.717) is 6.10 Å². The van der Waals surface area contributed by atoms with Crippen LogP contribution in [0.1, 0.15) is 57.8 Å². The summed E-state index contributed by atoms with van der Waals surface area (Å²) >= 11 is 0. The molecule has 0 saturated heterocycles. The maximum atomic E-state index is 5.98. The van der Waals surface area contributed by atoms with Crippen LogP contribution in [-0.2, 0) is 9.47 Å². The van der Waals surface area contributed by atoms with Gasteiger partial charge in [-0.05, 0) is 38.0 Å². The topological polar surface area (TPSA) is 54.9 Å². The lowest BCUT2D eigenvalue weighted by atomic mass is 10.1. The summed E-state index contributed by atoms with van der Waals surface area (Å²) in [6, 6.07) is 0. The number of aliphatic imine (C=N–C) groups is 1. The van der Waals surface area contributed by atoms with E-state index in [2.05, 4.69) is 15.6 Å². The van der Waals surface area contributed by atoms with E-state index in [4.69, 9.17) is 9.47 Å². The van der Waals surface area contributed by atoms with Crippen molar-refractivity contribution in [2.24, 2.45) is 10.9 Å². The Morgan fingerprint density at radius 2 is 1.70 bits per heavy atom. The minimum Gasteiger partial charge on any atom is -0.381 e. The second-order valence-electron chi connectivity index (χ2n) is 6.78. The number of nitrogens with zero attached hydrogens (tertiary/aromatic N) is 1. The molecule has 2 fully saturated rings. The van der Waals surface area contributed by atoms with E-state index in [1.165, 1.54) is 51.4 Å². The lowest BCUT2D eigenvalue weighted by Crippen LogP contribution is -2.40. The Balaban J connectivity index is 1.42. The van der Waals surface area contributed by atoms with E-state index in [1.54, 1.807) is 0 Å². The van der Waals surface area contributed by atoms with Crippen LogP contribution in [0.5, 0.6) is 0 Å². The van der Waals surface area contributed by atoms with Crippen LogP contribution in [-0.4, -0.2) is 52.0 Å². The standard InChI is InChI=1S/C18H35N3O2/c1-19-18(20-11-6-13-22-15-16-9-10-16)21-12-14-23-17-7-4-2-3-5-8-17/h16-17H,2-15H2,1H3,(H2,19,20,21). The van der Waals surface area contributed by atoms with Gasteiger partial charge in [0, 0.05) is 33.4 Å². The van der Waals surface area contributed by atoms with Crippen molar-refractivity contribution < 1.29 is 9.47 Å². The van der Waals surface area contributed by atoms with Crippen molar-refractivity contribution in [1.82, 2.24) is 10.6 Å². The Morgan fingerprint density at radius 1 is 0.957 bits per heavy atom. The number of guanidine groups is 1. The molecule has 2 rings (SSSR count). The first-order valence-corrected chi connectivity index (χ1v) is 9.52. The van der Waals surface area contributed by atoms with Gasteiger partial charge in [0.15, 0.2) is 5.96 Å². The number of ether oxygens (including phenoxy) is 2. The molecule has 134 valence electrons. The molecule has 0 bridgehead atoms. The number of rotatable bonds is 10. The van der Waals surface area contributed by atoms with Crippen LogP contribution in [0.3, 0.4) is 0 Å². The van der Waals surface area contributed by atoms with E-state index in [1.807, 2.05) is 7.05 Å². The van der Waals surface area contributed by atoms with Crippen LogP contribution >= 0.6 is 0 Å². The molecule has 0 amide bonds.